The molecule has 2 rings (SSSR count). The largest absolute Gasteiger partial charge is 0.463 e. The van der Waals surface area contributed by atoms with Crippen LogP contribution in [-0.4, -0.2) is 30.9 Å². The Morgan fingerprint density at radius 2 is 1.92 bits per heavy atom. The summed E-state index contributed by atoms with van der Waals surface area (Å²) in [5.74, 6) is -0.758. The number of hydrogen-bond acceptors (Lipinski definition) is 5. The van der Waals surface area contributed by atoms with Gasteiger partial charge in [0, 0.05) is 24.7 Å². The zero-order valence-electron chi connectivity index (χ0n) is 14.4. The second-order valence-corrected chi connectivity index (χ2v) is 6.19. The van der Waals surface area contributed by atoms with Crippen molar-refractivity contribution in [1.29, 1.82) is 0 Å². The van der Waals surface area contributed by atoms with Gasteiger partial charge in [-0.3, -0.25) is 9.59 Å². The van der Waals surface area contributed by atoms with E-state index in [4.69, 9.17) is 4.74 Å². The molecule has 1 aromatic heterocycles. The molecule has 2 amide bonds. The van der Waals surface area contributed by atoms with Gasteiger partial charge in [-0.05, 0) is 42.1 Å². The van der Waals surface area contributed by atoms with Crippen LogP contribution in [-0.2, 0) is 14.3 Å². The molecule has 0 fully saturated rings. The molecule has 0 saturated heterocycles. The molecule has 0 saturated carbocycles. The minimum atomic E-state index is -0.394. The van der Waals surface area contributed by atoms with Gasteiger partial charge in [0.05, 0.1) is 11.5 Å². The van der Waals surface area contributed by atoms with Gasteiger partial charge in [0.25, 0.3) is 5.91 Å². The van der Waals surface area contributed by atoms with Crippen LogP contribution in [0.25, 0.3) is 6.08 Å². The minimum Gasteiger partial charge on any atom is -0.463 e. The van der Waals surface area contributed by atoms with E-state index >= 15 is 0 Å². The zero-order valence-corrected chi connectivity index (χ0v) is 15.2. The van der Waals surface area contributed by atoms with E-state index in [9.17, 15) is 14.4 Å². The molecule has 2 aromatic rings. The van der Waals surface area contributed by atoms with Crippen LogP contribution < -0.4 is 10.6 Å². The third-order valence-corrected chi connectivity index (χ3v) is 4.14. The van der Waals surface area contributed by atoms with Gasteiger partial charge in [0.15, 0.2) is 0 Å². The molecule has 7 heteroatoms. The Kier molecular flexibility index (Phi) is 7.57. The molecule has 1 heterocycles. The first-order valence-electron chi connectivity index (χ1n) is 8.15. The van der Waals surface area contributed by atoms with Crippen molar-refractivity contribution in [3.63, 3.8) is 0 Å². The highest BCUT2D eigenvalue weighted by Crippen LogP contribution is 2.11. The first-order chi connectivity index (χ1) is 12.6. The van der Waals surface area contributed by atoms with Crippen LogP contribution in [0.3, 0.4) is 0 Å². The Bertz CT molecular complexity index is 767. The van der Waals surface area contributed by atoms with Crippen molar-refractivity contribution < 1.29 is 19.1 Å². The summed E-state index contributed by atoms with van der Waals surface area (Å²) in [6.07, 6.45) is 3.18. The van der Waals surface area contributed by atoms with Crippen molar-refractivity contribution in [2.45, 2.75) is 13.3 Å². The number of hydrogen-bond donors (Lipinski definition) is 2. The van der Waals surface area contributed by atoms with E-state index in [1.165, 1.54) is 17.4 Å². The number of thiophene rings is 1. The summed E-state index contributed by atoms with van der Waals surface area (Å²) < 4.78 is 4.81. The topological polar surface area (TPSA) is 84.5 Å². The van der Waals surface area contributed by atoms with Crippen molar-refractivity contribution in [3.8, 4) is 0 Å². The van der Waals surface area contributed by atoms with Gasteiger partial charge in [0.2, 0.25) is 5.91 Å². The van der Waals surface area contributed by atoms with Gasteiger partial charge in [-0.2, -0.15) is 0 Å². The maximum Gasteiger partial charge on any atom is 0.330 e. The second-order valence-electron chi connectivity index (χ2n) is 5.24. The van der Waals surface area contributed by atoms with Crippen LogP contribution in [0.2, 0.25) is 0 Å². The first kappa shape index (κ1) is 19.4. The quantitative estimate of drug-likeness (QED) is 0.551. The van der Waals surface area contributed by atoms with E-state index in [0.717, 1.165) is 5.56 Å². The van der Waals surface area contributed by atoms with Crippen LogP contribution in [0.1, 0.15) is 28.6 Å². The van der Waals surface area contributed by atoms with E-state index in [-0.39, 0.29) is 24.8 Å². The normalized spacial score (nSPS) is 10.5. The van der Waals surface area contributed by atoms with E-state index in [1.807, 2.05) is 5.38 Å². The molecule has 0 aliphatic heterocycles. The number of benzene rings is 1. The van der Waals surface area contributed by atoms with Gasteiger partial charge in [-0.25, -0.2) is 4.79 Å². The molecule has 0 aliphatic carbocycles. The molecule has 0 radical (unpaired) electrons. The fourth-order valence-electron chi connectivity index (χ4n) is 2.04. The number of carbonyl (C=O) groups is 3. The lowest BCUT2D eigenvalue weighted by atomic mass is 10.2. The third kappa shape index (κ3) is 6.52. The lowest BCUT2D eigenvalue weighted by molar-refractivity contribution is -0.137. The molecule has 1 aromatic carbocycles. The van der Waals surface area contributed by atoms with Crippen LogP contribution in [0.5, 0.6) is 0 Å². The summed E-state index contributed by atoms with van der Waals surface area (Å²) in [5, 5.41) is 7.29. The number of carbonyl (C=O) groups excluding carboxylic acids is 3. The molecule has 26 heavy (non-hydrogen) atoms. The average molecular weight is 372 g/mol. The van der Waals surface area contributed by atoms with Gasteiger partial charge in [-0.15, -0.1) is 11.3 Å². The Morgan fingerprint density at radius 1 is 1.15 bits per heavy atom. The standard InChI is InChI=1S/C19H20N2O4S/c1-2-25-18(23)10-7-14-5-8-15(9-6-14)21-17(22)11-12-20-19(24)16-4-3-13-26-16/h3-10,13H,2,11-12H2,1H3,(H,20,24)(H,21,22). The van der Waals surface area contributed by atoms with Crippen LogP contribution in [0, 0.1) is 0 Å². The van der Waals surface area contributed by atoms with Crippen LogP contribution in [0.15, 0.2) is 47.9 Å². The van der Waals surface area contributed by atoms with E-state index in [1.54, 1.807) is 49.4 Å². The SMILES string of the molecule is CCOC(=O)C=Cc1ccc(NC(=O)CCNC(=O)c2cccs2)cc1. The summed E-state index contributed by atoms with van der Waals surface area (Å²) in [6.45, 7) is 2.35. The minimum absolute atomic E-state index is 0.175. The van der Waals surface area contributed by atoms with Crippen molar-refractivity contribution in [1.82, 2.24) is 5.32 Å². The van der Waals surface area contributed by atoms with E-state index in [0.29, 0.717) is 17.2 Å². The van der Waals surface area contributed by atoms with Gasteiger partial charge in [0.1, 0.15) is 0 Å². The summed E-state index contributed by atoms with van der Waals surface area (Å²) in [5.41, 5.74) is 1.46. The van der Waals surface area contributed by atoms with Crippen molar-refractivity contribution in [3.05, 3.63) is 58.3 Å². The average Bonchev–Trinajstić information content (AvgIpc) is 3.16. The molecule has 6 nitrogen and oxygen atoms in total. The maximum absolute atomic E-state index is 11.9. The fraction of sp³-hybridized carbons (Fsp3) is 0.211. The number of amides is 2. The summed E-state index contributed by atoms with van der Waals surface area (Å²) in [6, 6.07) is 10.6. The highest BCUT2D eigenvalue weighted by molar-refractivity contribution is 7.12. The molecular weight excluding hydrogens is 352 g/mol. The summed E-state index contributed by atoms with van der Waals surface area (Å²) in [4.78, 5) is 35.6. The zero-order chi connectivity index (χ0) is 18.8. The Morgan fingerprint density at radius 3 is 2.58 bits per heavy atom. The number of ether oxygens (including phenoxy) is 1. The van der Waals surface area contributed by atoms with E-state index in [2.05, 4.69) is 10.6 Å². The van der Waals surface area contributed by atoms with Crippen molar-refractivity contribution >= 4 is 40.9 Å². The fourth-order valence-corrected chi connectivity index (χ4v) is 2.68. The molecule has 0 unspecified atom stereocenters. The van der Waals surface area contributed by atoms with E-state index < -0.39 is 5.97 Å². The molecule has 0 spiro atoms. The third-order valence-electron chi connectivity index (χ3n) is 3.28. The Hall–Kier alpha value is -2.93. The van der Waals surface area contributed by atoms with Crippen molar-refractivity contribution in [2.75, 3.05) is 18.5 Å². The molecule has 0 aliphatic rings. The first-order valence-corrected chi connectivity index (χ1v) is 9.03. The van der Waals surface area contributed by atoms with Gasteiger partial charge < -0.3 is 15.4 Å². The van der Waals surface area contributed by atoms with Crippen LogP contribution >= 0.6 is 11.3 Å². The molecule has 2 N–H and O–H groups in total. The molecular formula is C19H20N2O4S. The summed E-state index contributed by atoms with van der Waals surface area (Å²) in [7, 11) is 0. The lowest BCUT2D eigenvalue weighted by Crippen LogP contribution is -2.27. The molecule has 136 valence electrons. The molecule has 0 atom stereocenters. The Balaban J connectivity index is 1.75. The predicted octanol–water partition coefficient (Wildman–Crippen LogP) is 3.08. The monoisotopic (exact) mass is 372 g/mol. The second kappa shape index (κ2) is 10.1. The van der Waals surface area contributed by atoms with Gasteiger partial charge in [-0.1, -0.05) is 18.2 Å². The van der Waals surface area contributed by atoms with Crippen molar-refractivity contribution in [2.24, 2.45) is 0 Å². The number of rotatable bonds is 8. The highest BCUT2D eigenvalue weighted by Gasteiger charge is 2.07. The lowest BCUT2D eigenvalue weighted by Gasteiger charge is -2.06. The smallest absolute Gasteiger partial charge is 0.330 e. The van der Waals surface area contributed by atoms with Gasteiger partial charge >= 0.3 is 5.97 Å². The number of nitrogens with one attached hydrogen (secondary N) is 2. The molecule has 0 bridgehead atoms. The summed E-state index contributed by atoms with van der Waals surface area (Å²) >= 11 is 1.36. The number of anilines is 1. The predicted molar refractivity (Wildman–Crippen MR) is 102 cm³/mol. The Labute approximate surface area is 155 Å². The number of esters is 1. The highest BCUT2D eigenvalue weighted by atomic mass is 32.1. The maximum atomic E-state index is 11.9. The van der Waals surface area contributed by atoms with Crippen LogP contribution in [0.4, 0.5) is 5.69 Å².